The van der Waals surface area contributed by atoms with Crippen LogP contribution in [-0.4, -0.2) is 22.0 Å². The summed E-state index contributed by atoms with van der Waals surface area (Å²) in [5.74, 6) is 0.701. The molecule has 0 fully saturated rings. The second kappa shape index (κ2) is 7.50. The SMILES string of the molecule is CNS(=O)(=O)c1cc(N)ccc1NCCCCC(C)C. The number of hydrogen-bond donors (Lipinski definition) is 3. The second-order valence-electron chi connectivity index (χ2n) is 5.28. The third kappa shape index (κ3) is 5.02. The minimum absolute atomic E-state index is 0.198. The molecule has 6 heteroatoms. The Kier molecular flexibility index (Phi) is 6.29. The first kappa shape index (κ1) is 16.8. The second-order valence-corrected chi connectivity index (χ2v) is 7.13. The molecule has 0 heterocycles. The fourth-order valence-electron chi connectivity index (χ4n) is 1.92. The normalized spacial score (nSPS) is 11.8. The molecule has 0 spiro atoms. The Bertz CT molecular complexity index is 527. The number of hydrogen-bond acceptors (Lipinski definition) is 4. The Morgan fingerprint density at radius 3 is 2.55 bits per heavy atom. The first-order valence-corrected chi connectivity index (χ1v) is 8.42. The monoisotopic (exact) mass is 299 g/mol. The third-order valence-electron chi connectivity index (χ3n) is 3.09. The van der Waals surface area contributed by atoms with Gasteiger partial charge in [0.1, 0.15) is 4.90 Å². The van der Waals surface area contributed by atoms with Gasteiger partial charge in [0.25, 0.3) is 0 Å². The van der Waals surface area contributed by atoms with Gasteiger partial charge >= 0.3 is 0 Å². The maximum absolute atomic E-state index is 11.9. The van der Waals surface area contributed by atoms with E-state index in [1.54, 1.807) is 12.1 Å². The lowest BCUT2D eigenvalue weighted by molar-refractivity contribution is 0.544. The summed E-state index contributed by atoms with van der Waals surface area (Å²) >= 11 is 0. The van der Waals surface area contributed by atoms with Crippen molar-refractivity contribution in [2.24, 2.45) is 5.92 Å². The first-order chi connectivity index (χ1) is 9.36. The van der Waals surface area contributed by atoms with Crippen molar-refractivity contribution < 1.29 is 8.42 Å². The topological polar surface area (TPSA) is 84.2 Å². The van der Waals surface area contributed by atoms with Crippen LogP contribution in [0.4, 0.5) is 11.4 Å². The van der Waals surface area contributed by atoms with Gasteiger partial charge < -0.3 is 11.1 Å². The van der Waals surface area contributed by atoms with Crippen molar-refractivity contribution in [2.75, 3.05) is 24.6 Å². The fourth-order valence-corrected chi connectivity index (χ4v) is 2.86. The number of nitrogens with one attached hydrogen (secondary N) is 2. The summed E-state index contributed by atoms with van der Waals surface area (Å²) < 4.78 is 26.2. The zero-order valence-electron chi connectivity index (χ0n) is 12.4. The van der Waals surface area contributed by atoms with Crippen molar-refractivity contribution in [1.29, 1.82) is 0 Å². The third-order valence-corrected chi connectivity index (χ3v) is 4.54. The van der Waals surface area contributed by atoms with E-state index in [-0.39, 0.29) is 4.90 Å². The summed E-state index contributed by atoms with van der Waals surface area (Å²) in [6.07, 6.45) is 3.33. The molecule has 114 valence electrons. The number of sulfonamides is 1. The zero-order chi connectivity index (χ0) is 15.2. The molecule has 0 aliphatic heterocycles. The molecule has 0 atom stereocenters. The van der Waals surface area contributed by atoms with E-state index in [1.807, 2.05) is 0 Å². The number of nitrogens with two attached hydrogens (primary N) is 1. The zero-order valence-corrected chi connectivity index (χ0v) is 13.3. The molecule has 0 radical (unpaired) electrons. The van der Waals surface area contributed by atoms with Gasteiger partial charge in [0.05, 0.1) is 5.69 Å². The molecule has 0 unspecified atom stereocenters. The molecule has 0 aromatic heterocycles. The predicted molar refractivity (Wildman–Crippen MR) is 84.3 cm³/mol. The molecule has 1 aromatic rings. The van der Waals surface area contributed by atoms with E-state index in [4.69, 9.17) is 5.73 Å². The summed E-state index contributed by atoms with van der Waals surface area (Å²) in [7, 11) is -2.11. The van der Waals surface area contributed by atoms with E-state index in [2.05, 4.69) is 23.9 Å². The van der Waals surface area contributed by atoms with Crippen LogP contribution in [0.3, 0.4) is 0 Å². The fraction of sp³-hybridized carbons (Fsp3) is 0.571. The van der Waals surface area contributed by atoms with Crippen LogP contribution < -0.4 is 15.8 Å². The Balaban J connectivity index is 2.71. The van der Waals surface area contributed by atoms with Gasteiger partial charge in [0, 0.05) is 12.2 Å². The quantitative estimate of drug-likeness (QED) is 0.508. The maximum Gasteiger partial charge on any atom is 0.242 e. The highest BCUT2D eigenvalue weighted by atomic mass is 32.2. The lowest BCUT2D eigenvalue weighted by atomic mass is 10.1. The van der Waals surface area contributed by atoms with Gasteiger partial charge in [-0.05, 0) is 37.6 Å². The lowest BCUT2D eigenvalue weighted by Crippen LogP contribution is -2.20. The first-order valence-electron chi connectivity index (χ1n) is 6.93. The molecule has 0 aliphatic rings. The molecule has 0 saturated heterocycles. The van der Waals surface area contributed by atoms with Crippen LogP contribution in [0.1, 0.15) is 33.1 Å². The van der Waals surface area contributed by atoms with Crippen LogP contribution in [0, 0.1) is 5.92 Å². The predicted octanol–water partition coefficient (Wildman–Crippen LogP) is 2.42. The van der Waals surface area contributed by atoms with Gasteiger partial charge in [-0.25, -0.2) is 13.1 Å². The van der Waals surface area contributed by atoms with Crippen LogP contribution in [0.2, 0.25) is 0 Å². The highest BCUT2D eigenvalue weighted by molar-refractivity contribution is 7.89. The van der Waals surface area contributed by atoms with Gasteiger partial charge in [0.15, 0.2) is 0 Å². The van der Waals surface area contributed by atoms with Gasteiger partial charge in [-0.15, -0.1) is 0 Å². The van der Waals surface area contributed by atoms with Crippen LogP contribution in [0.5, 0.6) is 0 Å². The highest BCUT2D eigenvalue weighted by Gasteiger charge is 2.16. The minimum atomic E-state index is -3.50. The molecule has 0 bridgehead atoms. The van der Waals surface area contributed by atoms with Crippen molar-refractivity contribution in [3.8, 4) is 0 Å². The molecule has 1 aromatic carbocycles. The molecule has 0 aliphatic carbocycles. The van der Waals surface area contributed by atoms with Gasteiger partial charge in [-0.1, -0.05) is 26.7 Å². The maximum atomic E-state index is 11.9. The lowest BCUT2D eigenvalue weighted by Gasteiger charge is -2.13. The van der Waals surface area contributed by atoms with Crippen molar-refractivity contribution >= 4 is 21.4 Å². The van der Waals surface area contributed by atoms with Gasteiger partial charge in [-0.2, -0.15) is 0 Å². The van der Waals surface area contributed by atoms with E-state index in [0.29, 0.717) is 17.3 Å². The average molecular weight is 299 g/mol. The Morgan fingerprint density at radius 2 is 1.95 bits per heavy atom. The van der Waals surface area contributed by atoms with Crippen LogP contribution >= 0.6 is 0 Å². The van der Waals surface area contributed by atoms with E-state index in [1.165, 1.54) is 19.5 Å². The average Bonchev–Trinajstić information content (AvgIpc) is 2.39. The number of unbranched alkanes of at least 4 members (excludes halogenated alkanes) is 1. The van der Waals surface area contributed by atoms with Crippen LogP contribution in [-0.2, 0) is 10.0 Å². The Hall–Kier alpha value is -1.27. The Labute approximate surface area is 122 Å². The van der Waals surface area contributed by atoms with Crippen LogP contribution in [0.15, 0.2) is 23.1 Å². The minimum Gasteiger partial charge on any atom is -0.399 e. The van der Waals surface area contributed by atoms with E-state index in [0.717, 1.165) is 19.4 Å². The largest absolute Gasteiger partial charge is 0.399 e. The van der Waals surface area contributed by atoms with Crippen molar-refractivity contribution in [1.82, 2.24) is 4.72 Å². The molecule has 0 saturated carbocycles. The molecule has 20 heavy (non-hydrogen) atoms. The number of benzene rings is 1. The summed E-state index contributed by atoms with van der Waals surface area (Å²) in [6.45, 7) is 5.15. The standard InChI is InChI=1S/C14H25N3O2S/c1-11(2)6-4-5-9-17-13-8-7-12(15)10-14(13)20(18,19)16-3/h7-8,10-11,16-17H,4-6,9,15H2,1-3H3. The molecular weight excluding hydrogens is 274 g/mol. The molecular formula is C14H25N3O2S. The summed E-state index contributed by atoms with van der Waals surface area (Å²) in [4.78, 5) is 0.198. The molecule has 4 N–H and O–H groups in total. The van der Waals surface area contributed by atoms with E-state index in [9.17, 15) is 8.42 Å². The smallest absolute Gasteiger partial charge is 0.242 e. The molecule has 5 nitrogen and oxygen atoms in total. The van der Waals surface area contributed by atoms with Crippen LogP contribution in [0.25, 0.3) is 0 Å². The van der Waals surface area contributed by atoms with Crippen molar-refractivity contribution in [2.45, 2.75) is 38.0 Å². The van der Waals surface area contributed by atoms with Gasteiger partial charge in [0.2, 0.25) is 10.0 Å². The van der Waals surface area contributed by atoms with Crippen molar-refractivity contribution in [3.63, 3.8) is 0 Å². The van der Waals surface area contributed by atoms with E-state index < -0.39 is 10.0 Å². The summed E-state index contributed by atoms with van der Waals surface area (Å²) in [5, 5.41) is 3.18. The van der Waals surface area contributed by atoms with Crippen molar-refractivity contribution in [3.05, 3.63) is 18.2 Å². The molecule has 1 rings (SSSR count). The summed E-state index contributed by atoms with van der Waals surface area (Å²) in [6, 6.07) is 4.88. The molecule has 0 amide bonds. The number of nitrogen functional groups attached to an aromatic ring is 1. The summed E-state index contributed by atoms with van der Waals surface area (Å²) in [5.41, 5.74) is 6.70. The highest BCUT2D eigenvalue weighted by Crippen LogP contribution is 2.23. The van der Waals surface area contributed by atoms with Gasteiger partial charge in [-0.3, -0.25) is 0 Å². The number of rotatable bonds is 8. The van der Waals surface area contributed by atoms with E-state index >= 15 is 0 Å². The Morgan fingerprint density at radius 1 is 1.25 bits per heavy atom. The number of anilines is 2.